The van der Waals surface area contributed by atoms with Gasteiger partial charge < -0.3 is 4.74 Å². The van der Waals surface area contributed by atoms with Gasteiger partial charge in [0.15, 0.2) is 0 Å². The van der Waals surface area contributed by atoms with E-state index in [1.165, 1.54) is 5.56 Å². The lowest BCUT2D eigenvalue weighted by molar-refractivity contribution is -0.0785. The predicted molar refractivity (Wildman–Crippen MR) is 76.3 cm³/mol. The van der Waals surface area contributed by atoms with Crippen molar-refractivity contribution in [2.75, 3.05) is 19.6 Å². The van der Waals surface area contributed by atoms with Crippen LogP contribution in [0.25, 0.3) is 0 Å². The smallest absolute Gasteiger partial charge is 0.0956 e. The van der Waals surface area contributed by atoms with E-state index in [1.807, 2.05) is 6.07 Å². The lowest BCUT2D eigenvalue weighted by Crippen LogP contribution is -2.43. The molecule has 5 heteroatoms. The topological polar surface area (TPSA) is 54.0 Å². The van der Waals surface area contributed by atoms with Crippen molar-refractivity contribution in [3.05, 3.63) is 47.8 Å². The molecule has 0 radical (unpaired) electrons. The summed E-state index contributed by atoms with van der Waals surface area (Å²) in [6.45, 7) is 5.04. The number of nitrogens with one attached hydrogen (secondary N) is 1. The standard InChI is InChI=1S/C15H20N4O/c1-12-10-19(8-7-14-9-16-18-17-14)11-15(20-12)13-5-3-2-4-6-13/h2-6,9,12,15H,7-8,10-11H2,1H3,(H,16,17,18). The third kappa shape index (κ3) is 3.23. The minimum absolute atomic E-state index is 0.164. The molecule has 1 N–H and O–H groups in total. The van der Waals surface area contributed by atoms with Crippen molar-refractivity contribution in [2.24, 2.45) is 0 Å². The Bertz CT molecular complexity index is 514. The number of hydrogen-bond donors (Lipinski definition) is 1. The van der Waals surface area contributed by atoms with Crippen molar-refractivity contribution in [2.45, 2.75) is 25.6 Å². The molecule has 0 aliphatic carbocycles. The number of benzene rings is 1. The van der Waals surface area contributed by atoms with Crippen LogP contribution < -0.4 is 0 Å². The Labute approximate surface area is 118 Å². The molecule has 0 saturated carbocycles. The first-order valence-corrected chi connectivity index (χ1v) is 7.08. The zero-order valence-corrected chi connectivity index (χ0v) is 11.7. The second-order valence-electron chi connectivity index (χ2n) is 5.32. The van der Waals surface area contributed by atoms with E-state index < -0.39 is 0 Å². The van der Waals surface area contributed by atoms with Crippen molar-refractivity contribution in [1.29, 1.82) is 0 Å². The number of aromatic amines is 1. The monoisotopic (exact) mass is 272 g/mol. The number of H-pyrrole nitrogens is 1. The molecule has 1 aromatic heterocycles. The van der Waals surface area contributed by atoms with Crippen molar-refractivity contribution in [3.63, 3.8) is 0 Å². The molecule has 2 unspecified atom stereocenters. The van der Waals surface area contributed by atoms with Gasteiger partial charge in [-0.15, -0.1) is 0 Å². The number of hydrogen-bond acceptors (Lipinski definition) is 4. The summed E-state index contributed by atoms with van der Waals surface area (Å²) in [4.78, 5) is 2.44. The highest BCUT2D eigenvalue weighted by molar-refractivity contribution is 5.18. The molecule has 1 fully saturated rings. The molecular formula is C15H20N4O. The van der Waals surface area contributed by atoms with Gasteiger partial charge in [-0.25, -0.2) is 0 Å². The SMILES string of the molecule is CC1CN(CCc2cn[nH]n2)CC(c2ccccc2)O1. The van der Waals surface area contributed by atoms with Crippen LogP contribution in [-0.4, -0.2) is 46.0 Å². The van der Waals surface area contributed by atoms with Crippen molar-refractivity contribution >= 4 is 0 Å². The predicted octanol–water partition coefficient (Wildman–Crippen LogP) is 1.81. The average molecular weight is 272 g/mol. The summed E-state index contributed by atoms with van der Waals surface area (Å²) < 4.78 is 6.06. The lowest BCUT2D eigenvalue weighted by atomic mass is 10.1. The Hall–Kier alpha value is -1.72. The maximum absolute atomic E-state index is 6.06. The molecule has 106 valence electrons. The zero-order chi connectivity index (χ0) is 13.8. The van der Waals surface area contributed by atoms with Crippen LogP contribution in [0.2, 0.25) is 0 Å². The Morgan fingerprint density at radius 1 is 1.30 bits per heavy atom. The van der Waals surface area contributed by atoms with Gasteiger partial charge in [-0.05, 0) is 12.5 Å². The van der Waals surface area contributed by atoms with Gasteiger partial charge in [0.25, 0.3) is 0 Å². The second kappa shape index (κ2) is 6.15. The zero-order valence-electron chi connectivity index (χ0n) is 11.7. The van der Waals surface area contributed by atoms with Gasteiger partial charge in [0.2, 0.25) is 0 Å². The van der Waals surface area contributed by atoms with E-state index in [-0.39, 0.29) is 12.2 Å². The highest BCUT2D eigenvalue weighted by atomic mass is 16.5. The van der Waals surface area contributed by atoms with Crippen LogP contribution in [0.1, 0.15) is 24.3 Å². The maximum Gasteiger partial charge on any atom is 0.0956 e. The molecule has 5 nitrogen and oxygen atoms in total. The van der Waals surface area contributed by atoms with Crippen LogP contribution in [0.15, 0.2) is 36.5 Å². The van der Waals surface area contributed by atoms with E-state index >= 15 is 0 Å². The molecule has 3 rings (SSSR count). The summed E-state index contributed by atoms with van der Waals surface area (Å²) in [7, 11) is 0. The molecule has 1 aliphatic heterocycles. The highest BCUT2D eigenvalue weighted by Crippen LogP contribution is 2.24. The molecule has 1 aliphatic rings. The summed E-state index contributed by atoms with van der Waals surface area (Å²) in [5.41, 5.74) is 2.27. The van der Waals surface area contributed by atoms with Gasteiger partial charge in [0.05, 0.1) is 24.1 Å². The fraction of sp³-hybridized carbons (Fsp3) is 0.467. The number of ether oxygens (including phenoxy) is 1. The molecule has 2 aromatic rings. The van der Waals surface area contributed by atoms with Crippen molar-refractivity contribution in [1.82, 2.24) is 20.3 Å². The summed E-state index contributed by atoms with van der Waals surface area (Å²) >= 11 is 0. The van der Waals surface area contributed by atoms with E-state index in [9.17, 15) is 0 Å². The molecule has 2 heterocycles. The highest BCUT2D eigenvalue weighted by Gasteiger charge is 2.26. The third-order valence-electron chi connectivity index (χ3n) is 3.66. The van der Waals surface area contributed by atoms with Crippen LogP contribution in [0.5, 0.6) is 0 Å². The average Bonchev–Trinajstić information content (AvgIpc) is 2.99. The largest absolute Gasteiger partial charge is 0.368 e. The van der Waals surface area contributed by atoms with E-state index in [0.717, 1.165) is 31.7 Å². The fourth-order valence-electron chi connectivity index (χ4n) is 2.69. The first kappa shape index (κ1) is 13.3. The minimum Gasteiger partial charge on any atom is -0.368 e. The van der Waals surface area contributed by atoms with Gasteiger partial charge in [-0.1, -0.05) is 30.3 Å². The van der Waals surface area contributed by atoms with Crippen LogP contribution in [0, 0.1) is 0 Å². The van der Waals surface area contributed by atoms with Crippen LogP contribution in [0.4, 0.5) is 0 Å². The number of morpholine rings is 1. The first-order valence-electron chi connectivity index (χ1n) is 7.08. The molecule has 0 bridgehead atoms. The summed E-state index contributed by atoms with van der Waals surface area (Å²) in [6.07, 6.45) is 3.13. The van der Waals surface area contributed by atoms with Gasteiger partial charge in [0, 0.05) is 26.1 Å². The normalized spacial score (nSPS) is 23.9. The Balaban J connectivity index is 1.61. The summed E-state index contributed by atoms with van der Waals surface area (Å²) in [5, 5.41) is 10.6. The third-order valence-corrected chi connectivity index (χ3v) is 3.66. The van der Waals surface area contributed by atoms with E-state index in [4.69, 9.17) is 4.74 Å². The van der Waals surface area contributed by atoms with Crippen molar-refractivity contribution < 1.29 is 4.74 Å². The summed E-state index contributed by atoms with van der Waals surface area (Å²) in [6, 6.07) is 10.4. The van der Waals surface area contributed by atoms with E-state index in [0.29, 0.717) is 0 Å². The van der Waals surface area contributed by atoms with E-state index in [1.54, 1.807) is 6.20 Å². The minimum atomic E-state index is 0.164. The maximum atomic E-state index is 6.06. The van der Waals surface area contributed by atoms with E-state index in [2.05, 4.69) is 51.5 Å². The van der Waals surface area contributed by atoms with Crippen LogP contribution in [-0.2, 0) is 11.2 Å². The Morgan fingerprint density at radius 2 is 2.15 bits per heavy atom. The molecule has 1 aromatic carbocycles. The van der Waals surface area contributed by atoms with Gasteiger partial charge in [-0.3, -0.25) is 4.90 Å². The lowest BCUT2D eigenvalue weighted by Gasteiger charge is -2.37. The summed E-state index contributed by atoms with van der Waals surface area (Å²) in [5.74, 6) is 0. The Morgan fingerprint density at radius 3 is 2.90 bits per heavy atom. The van der Waals surface area contributed by atoms with Crippen molar-refractivity contribution in [3.8, 4) is 0 Å². The van der Waals surface area contributed by atoms with Gasteiger partial charge >= 0.3 is 0 Å². The van der Waals surface area contributed by atoms with Crippen LogP contribution >= 0.6 is 0 Å². The quantitative estimate of drug-likeness (QED) is 0.922. The second-order valence-corrected chi connectivity index (χ2v) is 5.32. The number of nitrogens with zero attached hydrogens (tertiary/aromatic N) is 3. The molecular weight excluding hydrogens is 252 g/mol. The molecule has 0 spiro atoms. The molecule has 2 atom stereocenters. The molecule has 20 heavy (non-hydrogen) atoms. The first-order chi connectivity index (χ1) is 9.81. The van der Waals surface area contributed by atoms with Gasteiger partial charge in [0.1, 0.15) is 0 Å². The van der Waals surface area contributed by atoms with Crippen LogP contribution in [0.3, 0.4) is 0 Å². The fourth-order valence-corrected chi connectivity index (χ4v) is 2.69. The van der Waals surface area contributed by atoms with Gasteiger partial charge in [-0.2, -0.15) is 15.4 Å². The number of aromatic nitrogens is 3. The molecule has 0 amide bonds. The molecule has 1 saturated heterocycles. The number of rotatable bonds is 4. The Kier molecular flexibility index (Phi) is 4.08.